The zero-order chi connectivity index (χ0) is 9.80. The molecule has 1 heterocycles. The smallest absolute Gasteiger partial charge is 0.165 e. The summed E-state index contributed by atoms with van der Waals surface area (Å²) in [5, 5.41) is 3.30. The molecule has 1 N–H and O–H groups in total. The number of halogens is 2. The minimum atomic E-state index is -0.287. The van der Waals surface area contributed by atoms with Gasteiger partial charge in [-0.1, -0.05) is 12.1 Å². The van der Waals surface area contributed by atoms with Crippen LogP contribution >= 0.6 is 12.4 Å². The van der Waals surface area contributed by atoms with Gasteiger partial charge in [0.25, 0.3) is 0 Å². The van der Waals surface area contributed by atoms with Crippen LogP contribution < -0.4 is 10.1 Å². The Hall–Kier alpha value is -0.800. The van der Waals surface area contributed by atoms with Gasteiger partial charge in [0.2, 0.25) is 0 Å². The molecule has 1 aromatic carbocycles. The summed E-state index contributed by atoms with van der Waals surface area (Å²) >= 11 is 0. The van der Waals surface area contributed by atoms with E-state index in [4.69, 9.17) is 4.74 Å². The molecule has 0 bridgehead atoms. The molecule has 0 radical (unpaired) electrons. The number of hydrogen-bond donors (Lipinski definition) is 1. The van der Waals surface area contributed by atoms with Crippen LogP contribution in [0.15, 0.2) is 24.3 Å². The first kappa shape index (κ1) is 12.3. The molecule has 1 aromatic rings. The molecule has 84 valence electrons. The average molecular weight is 232 g/mol. The number of hydrogen-bond acceptors (Lipinski definition) is 2. The highest BCUT2D eigenvalue weighted by Crippen LogP contribution is 2.16. The van der Waals surface area contributed by atoms with Gasteiger partial charge in [-0.05, 0) is 31.5 Å². The second-order valence-corrected chi connectivity index (χ2v) is 3.53. The van der Waals surface area contributed by atoms with Crippen LogP contribution in [-0.2, 0) is 0 Å². The Bertz CT molecular complexity index is 302. The Labute approximate surface area is 95.2 Å². The van der Waals surface area contributed by atoms with Crippen molar-refractivity contribution in [3.05, 3.63) is 30.1 Å². The van der Waals surface area contributed by atoms with Crippen LogP contribution in [0.3, 0.4) is 0 Å². The van der Waals surface area contributed by atoms with Crippen LogP contribution in [0.25, 0.3) is 0 Å². The zero-order valence-corrected chi connectivity index (χ0v) is 9.23. The zero-order valence-electron chi connectivity index (χ0n) is 8.41. The molecule has 1 atom stereocenters. The van der Waals surface area contributed by atoms with Crippen molar-refractivity contribution in [2.75, 3.05) is 13.2 Å². The maximum Gasteiger partial charge on any atom is 0.165 e. The first-order valence-electron chi connectivity index (χ1n) is 4.97. The fourth-order valence-corrected chi connectivity index (χ4v) is 1.65. The van der Waals surface area contributed by atoms with E-state index in [2.05, 4.69) is 5.32 Å². The van der Waals surface area contributed by atoms with Crippen molar-refractivity contribution < 1.29 is 9.13 Å². The average Bonchev–Trinajstić information content (AvgIpc) is 2.69. The molecule has 0 amide bonds. The fraction of sp³-hybridized carbons (Fsp3) is 0.455. The Balaban J connectivity index is 0.00000112. The molecule has 1 aliphatic rings. The molecule has 0 aromatic heterocycles. The van der Waals surface area contributed by atoms with E-state index in [0.29, 0.717) is 18.4 Å². The van der Waals surface area contributed by atoms with E-state index in [9.17, 15) is 4.39 Å². The van der Waals surface area contributed by atoms with Crippen LogP contribution in [0.2, 0.25) is 0 Å². The lowest BCUT2D eigenvalue weighted by Gasteiger charge is -2.12. The second kappa shape index (κ2) is 5.93. The lowest BCUT2D eigenvalue weighted by molar-refractivity contribution is 0.265. The van der Waals surface area contributed by atoms with Crippen molar-refractivity contribution in [1.82, 2.24) is 5.32 Å². The summed E-state index contributed by atoms with van der Waals surface area (Å²) in [4.78, 5) is 0. The van der Waals surface area contributed by atoms with Crippen LogP contribution in [0.4, 0.5) is 4.39 Å². The molecule has 15 heavy (non-hydrogen) atoms. The minimum absolute atomic E-state index is 0. The maximum atomic E-state index is 13.1. The largest absolute Gasteiger partial charge is 0.489 e. The molecule has 1 fully saturated rings. The summed E-state index contributed by atoms with van der Waals surface area (Å²) < 4.78 is 18.5. The van der Waals surface area contributed by atoms with Crippen molar-refractivity contribution in [2.45, 2.75) is 18.9 Å². The number of ether oxygens (including phenoxy) is 1. The summed E-state index contributed by atoms with van der Waals surface area (Å²) in [5.74, 6) is 0.0618. The van der Waals surface area contributed by atoms with E-state index in [0.717, 1.165) is 13.0 Å². The number of benzene rings is 1. The number of rotatable bonds is 3. The lowest BCUT2D eigenvalue weighted by atomic mass is 10.2. The molecular formula is C11H15ClFNO. The SMILES string of the molecule is Cl.Fc1ccccc1OCC1CCCN1. The van der Waals surface area contributed by atoms with Crippen molar-refractivity contribution in [1.29, 1.82) is 0 Å². The highest BCUT2D eigenvalue weighted by molar-refractivity contribution is 5.85. The minimum Gasteiger partial charge on any atom is -0.489 e. The molecule has 1 saturated heterocycles. The second-order valence-electron chi connectivity index (χ2n) is 3.53. The first-order valence-corrected chi connectivity index (χ1v) is 4.97. The summed E-state index contributed by atoms with van der Waals surface area (Å²) in [6, 6.07) is 6.90. The molecule has 4 heteroatoms. The summed E-state index contributed by atoms with van der Waals surface area (Å²) in [7, 11) is 0. The van der Waals surface area contributed by atoms with Gasteiger partial charge in [-0.25, -0.2) is 4.39 Å². The highest BCUT2D eigenvalue weighted by Gasteiger charge is 2.14. The first-order chi connectivity index (χ1) is 6.86. The van der Waals surface area contributed by atoms with Gasteiger partial charge in [0.1, 0.15) is 6.61 Å². The highest BCUT2D eigenvalue weighted by atomic mass is 35.5. The summed E-state index contributed by atoms with van der Waals surface area (Å²) in [6.07, 6.45) is 2.31. The van der Waals surface area contributed by atoms with Gasteiger partial charge in [0, 0.05) is 6.04 Å². The number of para-hydroxylation sites is 1. The van der Waals surface area contributed by atoms with Crippen LogP contribution in [0.5, 0.6) is 5.75 Å². The molecular weight excluding hydrogens is 217 g/mol. The third-order valence-corrected chi connectivity index (χ3v) is 2.44. The normalized spacial score (nSPS) is 19.7. The topological polar surface area (TPSA) is 21.3 Å². The van der Waals surface area contributed by atoms with Crippen molar-refractivity contribution in [3.8, 4) is 5.75 Å². The molecule has 2 nitrogen and oxygen atoms in total. The van der Waals surface area contributed by atoms with E-state index < -0.39 is 0 Å². The summed E-state index contributed by atoms with van der Waals surface area (Å²) in [5.41, 5.74) is 0. The van der Waals surface area contributed by atoms with Crippen LogP contribution in [0.1, 0.15) is 12.8 Å². The predicted octanol–water partition coefficient (Wildman–Crippen LogP) is 2.38. The molecule has 0 aliphatic carbocycles. The summed E-state index contributed by atoms with van der Waals surface area (Å²) in [6.45, 7) is 1.60. The van der Waals surface area contributed by atoms with Crippen LogP contribution in [0, 0.1) is 5.82 Å². The third-order valence-electron chi connectivity index (χ3n) is 2.44. The van der Waals surface area contributed by atoms with Gasteiger partial charge in [-0.15, -0.1) is 12.4 Å². The van der Waals surface area contributed by atoms with E-state index in [1.54, 1.807) is 18.2 Å². The van der Waals surface area contributed by atoms with E-state index >= 15 is 0 Å². The predicted molar refractivity (Wildman–Crippen MR) is 60.2 cm³/mol. The molecule has 0 saturated carbocycles. The molecule has 2 rings (SSSR count). The van der Waals surface area contributed by atoms with Gasteiger partial charge in [-0.2, -0.15) is 0 Å². The van der Waals surface area contributed by atoms with Gasteiger partial charge in [-0.3, -0.25) is 0 Å². The van der Waals surface area contributed by atoms with Crippen molar-refractivity contribution >= 4 is 12.4 Å². The monoisotopic (exact) mass is 231 g/mol. The Kier molecular flexibility index (Phi) is 4.85. The van der Waals surface area contributed by atoms with Gasteiger partial charge >= 0.3 is 0 Å². The quantitative estimate of drug-likeness (QED) is 0.863. The third kappa shape index (κ3) is 3.36. The lowest BCUT2D eigenvalue weighted by Crippen LogP contribution is -2.28. The fourth-order valence-electron chi connectivity index (χ4n) is 1.65. The standard InChI is InChI=1S/C11H14FNO.ClH/c12-10-5-1-2-6-11(10)14-8-9-4-3-7-13-9;/h1-2,5-6,9,13H,3-4,7-8H2;1H. The Morgan fingerprint density at radius 3 is 2.87 bits per heavy atom. The van der Waals surface area contributed by atoms with Crippen LogP contribution in [-0.4, -0.2) is 19.2 Å². The van der Waals surface area contributed by atoms with Gasteiger partial charge in [0.15, 0.2) is 11.6 Å². The Morgan fingerprint density at radius 2 is 2.20 bits per heavy atom. The van der Waals surface area contributed by atoms with E-state index in [1.165, 1.54) is 12.5 Å². The molecule has 0 spiro atoms. The van der Waals surface area contributed by atoms with Gasteiger partial charge < -0.3 is 10.1 Å². The van der Waals surface area contributed by atoms with E-state index in [-0.39, 0.29) is 18.2 Å². The van der Waals surface area contributed by atoms with Crippen molar-refractivity contribution in [2.24, 2.45) is 0 Å². The Morgan fingerprint density at radius 1 is 1.40 bits per heavy atom. The van der Waals surface area contributed by atoms with E-state index in [1.807, 2.05) is 0 Å². The maximum absolute atomic E-state index is 13.1. The van der Waals surface area contributed by atoms with Crippen molar-refractivity contribution in [3.63, 3.8) is 0 Å². The van der Waals surface area contributed by atoms with Gasteiger partial charge in [0.05, 0.1) is 0 Å². The molecule has 1 aliphatic heterocycles. The molecule has 1 unspecified atom stereocenters. The number of nitrogens with one attached hydrogen (secondary N) is 1.